The summed E-state index contributed by atoms with van der Waals surface area (Å²) in [6.07, 6.45) is -0.114. The Labute approximate surface area is 170 Å². The second-order valence-corrected chi connectivity index (χ2v) is 7.29. The van der Waals surface area contributed by atoms with Crippen molar-refractivity contribution in [2.75, 3.05) is 17.3 Å². The van der Waals surface area contributed by atoms with E-state index in [1.165, 1.54) is 4.90 Å². The molecule has 2 aromatic rings. The van der Waals surface area contributed by atoms with Crippen LogP contribution in [0, 0.1) is 6.92 Å². The molecule has 0 aliphatic carbocycles. The largest absolute Gasteiger partial charge is 0.497 e. The molecular formula is C22H25N3O4. The number of nitrogens with one attached hydrogen (secondary N) is 1. The van der Waals surface area contributed by atoms with E-state index in [0.29, 0.717) is 17.1 Å². The summed E-state index contributed by atoms with van der Waals surface area (Å²) in [5.41, 5.74) is 2.14. The molecule has 1 aliphatic rings. The lowest BCUT2D eigenvalue weighted by Crippen LogP contribution is -2.42. The third kappa shape index (κ3) is 4.23. The van der Waals surface area contributed by atoms with Gasteiger partial charge in [0.25, 0.3) is 5.91 Å². The summed E-state index contributed by atoms with van der Waals surface area (Å²) in [4.78, 5) is 41.2. The molecule has 152 valence electrons. The number of amides is 4. The number of methoxy groups -OCH3 is 1. The van der Waals surface area contributed by atoms with Crippen LogP contribution >= 0.6 is 0 Å². The van der Waals surface area contributed by atoms with Crippen molar-refractivity contribution in [3.63, 3.8) is 0 Å². The number of aryl methyl sites for hydroxylation is 1. The topological polar surface area (TPSA) is 79.0 Å². The van der Waals surface area contributed by atoms with E-state index >= 15 is 0 Å². The molecule has 7 nitrogen and oxygen atoms in total. The molecule has 0 saturated carbocycles. The Balaban J connectivity index is 1.78. The third-order valence-electron chi connectivity index (χ3n) is 4.85. The van der Waals surface area contributed by atoms with Crippen molar-refractivity contribution < 1.29 is 19.1 Å². The fourth-order valence-corrected chi connectivity index (χ4v) is 3.37. The highest BCUT2D eigenvalue weighted by molar-refractivity contribution is 6.22. The number of ether oxygens (including phenoxy) is 1. The average Bonchev–Trinajstić information content (AvgIpc) is 2.93. The van der Waals surface area contributed by atoms with Gasteiger partial charge in [-0.2, -0.15) is 0 Å². The normalized spacial score (nSPS) is 16.5. The van der Waals surface area contributed by atoms with E-state index < -0.39 is 18.0 Å². The van der Waals surface area contributed by atoms with Crippen LogP contribution in [0.2, 0.25) is 0 Å². The molecule has 0 spiro atoms. The van der Waals surface area contributed by atoms with E-state index in [1.807, 2.05) is 32.9 Å². The Kier molecular flexibility index (Phi) is 5.87. The highest BCUT2D eigenvalue weighted by Crippen LogP contribution is 2.29. The molecule has 1 atom stereocenters. The minimum atomic E-state index is -0.845. The zero-order valence-electron chi connectivity index (χ0n) is 17.0. The maximum atomic E-state index is 13.1. The second-order valence-electron chi connectivity index (χ2n) is 7.29. The van der Waals surface area contributed by atoms with E-state index in [0.717, 1.165) is 10.5 Å². The number of hydrogen-bond acceptors (Lipinski definition) is 4. The van der Waals surface area contributed by atoms with Crippen LogP contribution in [0.1, 0.15) is 25.8 Å². The highest BCUT2D eigenvalue weighted by Gasteiger charge is 2.47. The van der Waals surface area contributed by atoms with E-state index in [-0.39, 0.29) is 18.4 Å². The third-order valence-corrected chi connectivity index (χ3v) is 4.85. The molecular weight excluding hydrogens is 370 g/mol. The van der Waals surface area contributed by atoms with E-state index in [2.05, 4.69) is 5.32 Å². The van der Waals surface area contributed by atoms with Crippen LogP contribution < -0.4 is 15.0 Å². The molecule has 1 aliphatic heterocycles. The first-order valence-corrected chi connectivity index (χ1v) is 9.48. The van der Waals surface area contributed by atoms with Gasteiger partial charge in [0, 0.05) is 11.7 Å². The van der Waals surface area contributed by atoms with Crippen LogP contribution in [0.15, 0.2) is 48.5 Å². The molecule has 2 aromatic carbocycles. The molecule has 0 unspecified atom stereocenters. The second kappa shape index (κ2) is 8.34. The van der Waals surface area contributed by atoms with Gasteiger partial charge < -0.3 is 15.0 Å². The van der Waals surface area contributed by atoms with Gasteiger partial charge in [0.1, 0.15) is 11.8 Å². The fourth-order valence-electron chi connectivity index (χ4n) is 3.37. The number of rotatable bonds is 6. The van der Waals surface area contributed by atoms with Crippen molar-refractivity contribution in [3.8, 4) is 5.75 Å². The zero-order chi connectivity index (χ0) is 21.1. The quantitative estimate of drug-likeness (QED) is 0.759. The molecule has 0 aromatic heterocycles. The van der Waals surface area contributed by atoms with Gasteiger partial charge in [-0.15, -0.1) is 0 Å². The van der Waals surface area contributed by atoms with Gasteiger partial charge in [-0.3, -0.25) is 9.59 Å². The molecule has 1 heterocycles. The Bertz CT molecular complexity index is 907. The molecule has 29 heavy (non-hydrogen) atoms. The van der Waals surface area contributed by atoms with Crippen LogP contribution in [0.25, 0.3) is 0 Å². The summed E-state index contributed by atoms with van der Waals surface area (Å²) in [7, 11) is 1.57. The first-order chi connectivity index (χ1) is 13.8. The summed E-state index contributed by atoms with van der Waals surface area (Å²) in [5.74, 6) is -0.0468. The minimum absolute atomic E-state index is 0.114. The molecule has 7 heteroatoms. The van der Waals surface area contributed by atoms with Crippen molar-refractivity contribution in [2.24, 2.45) is 0 Å². The Morgan fingerprint density at radius 3 is 2.24 bits per heavy atom. The lowest BCUT2D eigenvalue weighted by Gasteiger charge is -2.25. The SMILES string of the molecule is COc1ccc(NC(=O)C[C@H]2C(=O)N(c3ccc(C)cc3)C(=O)N2C(C)C)cc1. The van der Waals surface area contributed by atoms with Gasteiger partial charge in [-0.05, 0) is 57.2 Å². The number of urea groups is 1. The van der Waals surface area contributed by atoms with Crippen molar-refractivity contribution in [1.82, 2.24) is 4.90 Å². The van der Waals surface area contributed by atoms with Crippen molar-refractivity contribution in [2.45, 2.75) is 39.3 Å². The molecule has 1 saturated heterocycles. The standard InChI is InChI=1S/C22H25N3O4/c1-14(2)24-19(13-20(26)23-16-7-11-18(29-4)12-8-16)21(27)25(22(24)28)17-9-5-15(3)6-10-17/h5-12,14,19H,13H2,1-4H3,(H,23,26)/t19-/m0/s1. The number of imide groups is 1. The van der Waals surface area contributed by atoms with Gasteiger partial charge in [0.2, 0.25) is 5.91 Å². The lowest BCUT2D eigenvalue weighted by atomic mass is 10.1. The van der Waals surface area contributed by atoms with Gasteiger partial charge in [-0.25, -0.2) is 9.69 Å². The minimum Gasteiger partial charge on any atom is -0.497 e. The monoisotopic (exact) mass is 395 g/mol. The summed E-state index contributed by atoms with van der Waals surface area (Å²) in [6, 6.07) is 12.6. The molecule has 0 bridgehead atoms. The maximum absolute atomic E-state index is 13.1. The van der Waals surface area contributed by atoms with E-state index in [4.69, 9.17) is 4.74 Å². The number of carbonyl (C=O) groups excluding carboxylic acids is 3. The summed E-state index contributed by atoms with van der Waals surface area (Å²) in [6.45, 7) is 5.60. The summed E-state index contributed by atoms with van der Waals surface area (Å²) < 4.78 is 5.10. The highest BCUT2D eigenvalue weighted by atomic mass is 16.5. The lowest BCUT2D eigenvalue weighted by molar-refractivity contribution is -0.124. The molecule has 1 N–H and O–H groups in total. The van der Waals surface area contributed by atoms with Gasteiger partial charge in [0.15, 0.2) is 0 Å². The zero-order valence-corrected chi connectivity index (χ0v) is 17.0. The fraction of sp³-hybridized carbons (Fsp3) is 0.318. The predicted octanol–water partition coefficient (Wildman–Crippen LogP) is 3.58. The first kappa shape index (κ1) is 20.4. The number of hydrogen-bond donors (Lipinski definition) is 1. The van der Waals surface area contributed by atoms with Gasteiger partial charge in [0.05, 0.1) is 19.2 Å². The number of anilines is 2. The van der Waals surface area contributed by atoms with Crippen LogP contribution in [-0.4, -0.2) is 41.9 Å². The number of benzene rings is 2. The van der Waals surface area contributed by atoms with Crippen molar-refractivity contribution >= 4 is 29.2 Å². The van der Waals surface area contributed by atoms with Crippen LogP contribution in [-0.2, 0) is 9.59 Å². The summed E-state index contributed by atoms with van der Waals surface area (Å²) >= 11 is 0. The molecule has 1 fully saturated rings. The summed E-state index contributed by atoms with van der Waals surface area (Å²) in [5, 5.41) is 2.77. The molecule has 3 rings (SSSR count). The van der Waals surface area contributed by atoms with E-state index in [1.54, 1.807) is 43.5 Å². The van der Waals surface area contributed by atoms with Crippen LogP contribution in [0.3, 0.4) is 0 Å². The average molecular weight is 395 g/mol. The van der Waals surface area contributed by atoms with Crippen molar-refractivity contribution in [3.05, 3.63) is 54.1 Å². The first-order valence-electron chi connectivity index (χ1n) is 9.48. The van der Waals surface area contributed by atoms with E-state index in [9.17, 15) is 14.4 Å². The smallest absolute Gasteiger partial charge is 0.332 e. The number of nitrogens with zero attached hydrogens (tertiary/aromatic N) is 2. The Morgan fingerprint density at radius 1 is 1.07 bits per heavy atom. The van der Waals surface area contributed by atoms with Gasteiger partial charge in [-0.1, -0.05) is 17.7 Å². The Morgan fingerprint density at radius 2 is 1.69 bits per heavy atom. The van der Waals surface area contributed by atoms with Crippen molar-refractivity contribution in [1.29, 1.82) is 0 Å². The van der Waals surface area contributed by atoms with Crippen LogP contribution in [0.5, 0.6) is 5.75 Å². The Hall–Kier alpha value is -3.35. The van der Waals surface area contributed by atoms with Gasteiger partial charge >= 0.3 is 6.03 Å². The molecule has 4 amide bonds. The maximum Gasteiger partial charge on any atom is 0.332 e. The van der Waals surface area contributed by atoms with Crippen LogP contribution in [0.4, 0.5) is 16.2 Å². The predicted molar refractivity (Wildman–Crippen MR) is 111 cm³/mol. The molecule has 0 radical (unpaired) electrons. The number of carbonyl (C=O) groups is 3.